The SMILES string of the molecule is N[C@@H](CCC(F)(F)F)c1ccc(O)cc1O. The molecule has 0 aliphatic rings. The Morgan fingerprint density at radius 1 is 1.25 bits per heavy atom. The molecule has 6 heteroatoms. The highest BCUT2D eigenvalue weighted by molar-refractivity contribution is 5.40. The van der Waals surface area contributed by atoms with Crippen LogP contribution in [0.3, 0.4) is 0 Å². The van der Waals surface area contributed by atoms with Crippen molar-refractivity contribution >= 4 is 0 Å². The number of phenols is 2. The second kappa shape index (κ2) is 4.61. The number of alkyl halides is 3. The van der Waals surface area contributed by atoms with Crippen LogP contribution in [-0.4, -0.2) is 16.4 Å². The maximum atomic E-state index is 11.9. The van der Waals surface area contributed by atoms with E-state index in [9.17, 15) is 18.3 Å². The minimum Gasteiger partial charge on any atom is -0.508 e. The summed E-state index contributed by atoms with van der Waals surface area (Å²) in [6, 6.07) is 2.72. The molecule has 0 heterocycles. The van der Waals surface area contributed by atoms with Gasteiger partial charge in [0, 0.05) is 24.1 Å². The molecule has 4 N–H and O–H groups in total. The van der Waals surface area contributed by atoms with E-state index in [4.69, 9.17) is 10.8 Å². The van der Waals surface area contributed by atoms with Gasteiger partial charge in [-0.1, -0.05) is 6.07 Å². The van der Waals surface area contributed by atoms with Gasteiger partial charge in [0.1, 0.15) is 11.5 Å². The largest absolute Gasteiger partial charge is 0.508 e. The van der Waals surface area contributed by atoms with Crippen LogP contribution < -0.4 is 5.73 Å². The first-order chi connectivity index (χ1) is 7.29. The van der Waals surface area contributed by atoms with E-state index in [1.54, 1.807) is 0 Å². The van der Waals surface area contributed by atoms with Gasteiger partial charge in [-0.15, -0.1) is 0 Å². The molecular formula is C10H12F3NO2. The summed E-state index contributed by atoms with van der Waals surface area (Å²) in [5, 5.41) is 18.4. The molecule has 3 nitrogen and oxygen atoms in total. The van der Waals surface area contributed by atoms with Crippen molar-refractivity contribution in [3.63, 3.8) is 0 Å². The van der Waals surface area contributed by atoms with Crippen molar-refractivity contribution in [2.75, 3.05) is 0 Å². The van der Waals surface area contributed by atoms with Gasteiger partial charge in [0.15, 0.2) is 0 Å². The lowest BCUT2D eigenvalue weighted by molar-refractivity contribution is -0.136. The van der Waals surface area contributed by atoms with Crippen molar-refractivity contribution in [2.45, 2.75) is 25.1 Å². The Morgan fingerprint density at radius 3 is 2.38 bits per heavy atom. The summed E-state index contributed by atoms with van der Waals surface area (Å²) in [5.74, 6) is -0.459. The Kier molecular flexibility index (Phi) is 3.64. The molecule has 0 radical (unpaired) electrons. The molecule has 0 aromatic heterocycles. The first-order valence-corrected chi connectivity index (χ1v) is 4.64. The number of benzene rings is 1. The van der Waals surface area contributed by atoms with Gasteiger partial charge in [-0.25, -0.2) is 0 Å². The summed E-state index contributed by atoms with van der Waals surface area (Å²) >= 11 is 0. The highest BCUT2D eigenvalue weighted by atomic mass is 19.4. The highest BCUT2D eigenvalue weighted by Gasteiger charge is 2.28. The highest BCUT2D eigenvalue weighted by Crippen LogP contribution is 2.31. The molecule has 0 saturated carbocycles. The molecule has 1 aromatic rings. The fourth-order valence-electron chi connectivity index (χ4n) is 1.32. The van der Waals surface area contributed by atoms with E-state index in [-0.39, 0.29) is 23.5 Å². The molecule has 0 aliphatic heterocycles. The van der Waals surface area contributed by atoms with Crippen LogP contribution in [0.15, 0.2) is 18.2 Å². The topological polar surface area (TPSA) is 66.5 Å². The van der Waals surface area contributed by atoms with Crippen molar-refractivity contribution in [1.29, 1.82) is 0 Å². The monoisotopic (exact) mass is 235 g/mol. The predicted molar refractivity (Wildman–Crippen MR) is 52.0 cm³/mol. The van der Waals surface area contributed by atoms with Crippen molar-refractivity contribution < 1.29 is 23.4 Å². The number of rotatable bonds is 3. The third-order valence-electron chi connectivity index (χ3n) is 2.15. The van der Waals surface area contributed by atoms with E-state index in [1.807, 2.05) is 0 Å². The van der Waals surface area contributed by atoms with Gasteiger partial charge in [0.2, 0.25) is 0 Å². The smallest absolute Gasteiger partial charge is 0.389 e. The van der Waals surface area contributed by atoms with Crippen LogP contribution in [0.5, 0.6) is 11.5 Å². The minimum atomic E-state index is -4.26. The zero-order chi connectivity index (χ0) is 12.3. The van der Waals surface area contributed by atoms with Crippen molar-refractivity contribution in [1.82, 2.24) is 0 Å². The molecule has 0 fully saturated rings. The van der Waals surface area contributed by atoms with Crippen molar-refractivity contribution in [3.05, 3.63) is 23.8 Å². The normalized spacial score (nSPS) is 13.8. The fraction of sp³-hybridized carbons (Fsp3) is 0.400. The average molecular weight is 235 g/mol. The number of nitrogens with two attached hydrogens (primary N) is 1. The molecule has 16 heavy (non-hydrogen) atoms. The van der Waals surface area contributed by atoms with Crippen LogP contribution >= 0.6 is 0 Å². The maximum Gasteiger partial charge on any atom is 0.389 e. The first-order valence-electron chi connectivity index (χ1n) is 4.64. The molecular weight excluding hydrogens is 223 g/mol. The summed E-state index contributed by atoms with van der Waals surface area (Å²) in [5.41, 5.74) is 5.71. The number of hydrogen-bond donors (Lipinski definition) is 3. The maximum absolute atomic E-state index is 11.9. The van der Waals surface area contributed by atoms with Crippen LogP contribution in [-0.2, 0) is 0 Å². The quantitative estimate of drug-likeness (QED) is 0.753. The number of halogens is 3. The molecule has 0 bridgehead atoms. The minimum absolute atomic E-state index is 0.163. The van der Waals surface area contributed by atoms with Gasteiger partial charge >= 0.3 is 6.18 Å². The van der Waals surface area contributed by atoms with E-state index in [0.717, 1.165) is 6.07 Å². The van der Waals surface area contributed by atoms with Gasteiger partial charge in [-0.2, -0.15) is 13.2 Å². The number of aromatic hydroxyl groups is 2. The summed E-state index contributed by atoms with van der Waals surface area (Å²) in [6.07, 6.45) is -5.57. The molecule has 0 unspecified atom stereocenters. The van der Waals surface area contributed by atoms with Gasteiger partial charge in [-0.3, -0.25) is 0 Å². The van der Waals surface area contributed by atoms with Crippen LogP contribution in [0, 0.1) is 0 Å². The zero-order valence-electron chi connectivity index (χ0n) is 8.33. The summed E-state index contributed by atoms with van der Waals surface area (Å²) in [6.45, 7) is 0. The Morgan fingerprint density at radius 2 is 1.88 bits per heavy atom. The zero-order valence-corrected chi connectivity index (χ0v) is 8.33. The lowest BCUT2D eigenvalue weighted by Crippen LogP contribution is -2.15. The Balaban J connectivity index is 2.70. The van der Waals surface area contributed by atoms with E-state index in [1.165, 1.54) is 12.1 Å². The standard InChI is InChI=1S/C10H12F3NO2/c11-10(12,13)4-3-8(14)7-2-1-6(15)5-9(7)16/h1-2,5,8,15-16H,3-4,14H2/t8-/m0/s1. The van der Waals surface area contributed by atoms with Gasteiger partial charge < -0.3 is 15.9 Å². The van der Waals surface area contributed by atoms with Gasteiger partial charge in [-0.05, 0) is 12.5 Å². The molecule has 0 amide bonds. The Hall–Kier alpha value is -1.43. The fourth-order valence-corrected chi connectivity index (χ4v) is 1.32. The van der Waals surface area contributed by atoms with Crippen molar-refractivity contribution in [3.8, 4) is 11.5 Å². The van der Waals surface area contributed by atoms with Crippen LogP contribution in [0.25, 0.3) is 0 Å². The van der Waals surface area contributed by atoms with E-state index < -0.39 is 18.6 Å². The molecule has 1 rings (SSSR count). The second-order valence-electron chi connectivity index (χ2n) is 3.50. The predicted octanol–water partition coefficient (Wildman–Crippen LogP) is 2.44. The summed E-state index contributed by atoms with van der Waals surface area (Å²) < 4.78 is 35.8. The average Bonchev–Trinajstić information content (AvgIpc) is 2.13. The molecule has 1 atom stereocenters. The molecule has 1 aromatic carbocycles. The molecule has 0 aliphatic carbocycles. The van der Waals surface area contributed by atoms with Crippen LogP contribution in [0.2, 0.25) is 0 Å². The van der Waals surface area contributed by atoms with E-state index in [0.29, 0.717) is 0 Å². The lowest BCUT2D eigenvalue weighted by Gasteiger charge is -2.14. The third-order valence-corrected chi connectivity index (χ3v) is 2.15. The van der Waals surface area contributed by atoms with Gasteiger partial charge in [0.25, 0.3) is 0 Å². The van der Waals surface area contributed by atoms with Crippen LogP contribution in [0.4, 0.5) is 13.2 Å². The first kappa shape index (κ1) is 12.6. The second-order valence-corrected chi connectivity index (χ2v) is 3.50. The van der Waals surface area contributed by atoms with Crippen LogP contribution in [0.1, 0.15) is 24.4 Å². The van der Waals surface area contributed by atoms with Gasteiger partial charge in [0.05, 0.1) is 0 Å². The molecule has 90 valence electrons. The van der Waals surface area contributed by atoms with E-state index in [2.05, 4.69) is 0 Å². The summed E-state index contributed by atoms with van der Waals surface area (Å²) in [7, 11) is 0. The Labute approximate surface area is 90.3 Å². The van der Waals surface area contributed by atoms with Crippen molar-refractivity contribution in [2.24, 2.45) is 5.73 Å². The third kappa shape index (κ3) is 3.62. The molecule has 0 spiro atoms. The number of phenolic OH excluding ortho intramolecular Hbond substituents is 2. The Bertz CT molecular complexity index is 366. The lowest BCUT2D eigenvalue weighted by atomic mass is 10.0. The summed E-state index contributed by atoms with van der Waals surface area (Å²) in [4.78, 5) is 0. The van der Waals surface area contributed by atoms with E-state index >= 15 is 0 Å². The number of hydrogen-bond acceptors (Lipinski definition) is 3. The molecule has 0 saturated heterocycles.